The van der Waals surface area contributed by atoms with Crippen LogP contribution < -0.4 is 15.2 Å². The molecule has 0 bridgehead atoms. The van der Waals surface area contributed by atoms with Crippen LogP contribution in [0.25, 0.3) is 0 Å². The number of nitrogens with two attached hydrogens (primary N) is 1. The third kappa shape index (κ3) is 11.3. The molecule has 1 atom stereocenters. The van der Waals surface area contributed by atoms with Crippen LogP contribution in [0.15, 0.2) is 47.6 Å². The van der Waals surface area contributed by atoms with E-state index in [-0.39, 0.29) is 6.04 Å². The zero-order valence-corrected chi connectivity index (χ0v) is 17.3. The number of hydrogen-bond donors (Lipinski definition) is 1. The summed E-state index contributed by atoms with van der Waals surface area (Å²) in [5.74, 6) is 0.902. The van der Waals surface area contributed by atoms with Crippen LogP contribution in [0.3, 0.4) is 0 Å². The van der Waals surface area contributed by atoms with Crippen LogP contribution in [0.4, 0.5) is 36.6 Å². The van der Waals surface area contributed by atoms with Crippen molar-refractivity contribution < 1.29 is 35.4 Å². The van der Waals surface area contributed by atoms with Crippen LogP contribution in [-0.2, 0) is 0 Å². The van der Waals surface area contributed by atoms with E-state index in [1.54, 1.807) is 0 Å². The zero-order chi connectivity index (χ0) is 22.5. The molecule has 2 N–H and O–H groups in total. The molecule has 2 aromatic rings. The first kappa shape index (κ1) is 24.7. The van der Waals surface area contributed by atoms with Crippen molar-refractivity contribution in [3.8, 4) is 5.75 Å². The van der Waals surface area contributed by atoms with Gasteiger partial charge in [0.25, 0.3) is 0 Å². The predicted molar refractivity (Wildman–Crippen MR) is 103 cm³/mol. The van der Waals surface area contributed by atoms with Crippen LogP contribution in [0, 0.1) is 13.8 Å². The van der Waals surface area contributed by atoms with Gasteiger partial charge in [-0.2, -0.15) is 5.53 Å². The van der Waals surface area contributed by atoms with E-state index < -0.39 is 7.81 Å². The third-order valence-corrected chi connectivity index (χ3v) is 3.90. The first-order valence-electron chi connectivity index (χ1n) is 8.46. The predicted octanol–water partition coefficient (Wildman–Crippen LogP) is 6.43. The minimum atomic E-state index is -10.7. The maximum atomic E-state index is 9.87. The van der Waals surface area contributed by atoms with Crippen molar-refractivity contribution in [1.82, 2.24) is 0 Å². The third-order valence-electron chi connectivity index (χ3n) is 3.90. The number of aryl methyl sites for hydroxylation is 2. The summed E-state index contributed by atoms with van der Waals surface area (Å²) < 4.78 is 65.1. The molecule has 1 unspecified atom stereocenters. The molecule has 0 radical (unpaired) electrons. The van der Waals surface area contributed by atoms with Crippen LogP contribution in [0.2, 0.25) is 0 Å². The summed E-state index contributed by atoms with van der Waals surface area (Å²) >= 11 is 0. The molecule has 4 nitrogen and oxygen atoms in total. The van der Waals surface area contributed by atoms with Gasteiger partial charge in [-0.1, -0.05) is 17.7 Å². The average molecular weight is 443 g/mol. The normalized spacial score (nSPS) is 14.6. The van der Waals surface area contributed by atoms with E-state index in [9.17, 15) is 25.2 Å². The molecule has 0 heterocycles. The number of hydrogen-bond acceptors (Lipinski definition) is 3. The Balaban J connectivity index is 0.000000516. The number of likely N-dealkylation sites (N-methyl/N-ethyl adjacent to an activating group) is 1. The number of halogens is 6. The molecule has 29 heavy (non-hydrogen) atoms. The van der Waals surface area contributed by atoms with Gasteiger partial charge in [0, 0.05) is 12.7 Å². The average Bonchev–Trinajstić information content (AvgIpc) is 2.57. The Morgan fingerprint density at radius 1 is 1.00 bits per heavy atom. The molecule has 0 aromatic heterocycles. The molecule has 0 fully saturated rings. The van der Waals surface area contributed by atoms with Crippen LogP contribution in [0.1, 0.15) is 18.1 Å². The fraction of sp³-hybridized carbons (Fsp3) is 0.333. The molecule has 11 heteroatoms. The van der Waals surface area contributed by atoms with Gasteiger partial charge >= 0.3 is 33.0 Å². The SMILES string of the molecule is Cc1ccc(OCC(C)N(C)c2ccc(N=[NH2+])c(C)c2)cc1.F[P-](F)(F)(F)(F)F. The Labute approximate surface area is 165 Å². The minimum absolute atomic E-state index is 0.251. The Hall–Kier alpha value is -2.35. The summed E-state index contributed by atoms with van der Waals surface area (Å²) in [4.78, 5) is 2.20. The maximum absolute atomic E-state index is 10.7. The molecule has 0 amide bonds. The Kier molecular flexibility index (Phi) is 6.96. The van der Waals surface area contributed by atoms with Gasteiger partial charge in [-0.25, -0.2) is 0 Å². The first-order valence-corrected chi connectivity index (χ1v) is 10.5. The van der Waals surface area contributed by atoms with Crippen molar-refractivity contribution in [2.75, 3.05) is 18.6 Å². The van der Waals surface area contributed by atoms with Gasteiger partial charge in [0.15, 0.2) is 0 Å². The summed E-state index contributed by atoms with van der Waals surface area (Å²) in [7, 11) is -8.59. The van der Waals surface area contributed by atoms with Gasteiger partial charge in [-0.15, -0.1) is 0 Å². The standard InChI is InChI=1S/C18H23N3O.F6P/c1-13-5-8-17(9-6-13)22-12-15(3)21(4)16-7-10-18(20-19)14(2)11-16;1-7(2,3,4,5)6/h5-11,15,19H,12H2,1-4H3;/q;-1/p+1. The number of nitrogens with zero attached hydrogens (tertiary/aromatic N) is 2. The van der Waals surface area contributed by atoms with Gasteiger partial charge in [-0.05, 0) is 61.8 Å². The first-order chi connectivity index (χ1) is 13.0. The van der Waals surface area contributed by atoms with E-state index in [1.807, 2.05) is 31.2 Å². The quantitative estimate of drug-likeness (QED) is 0.318. The summed E-state index contributed by atoms with van der Waals surface area (Å²) in [6.07, 6.45) is 0. The molecule has 0 aliphatic carbocycles. The summed E-state index contributed by atoms with van der Waals surface area (Å²) in [6, 6.07) is 14.4. The summed E-state index contributed by atoms with van der Waals surface area (Å²) in [6.45, 7) is 6.85. The number of anilines is 1. The van der Waals surface area contributed by atoms with E-state index in [1.165, 1.54) is 5.56 Å². The topological polar surface area (TPSA) is 50.4 Å². The second kappa shape index (κ2) is 8.18. The van der Waals surface area contributed by atoms with E-state index >= 15 is 0 Å². The molecular weight excluding hydrogens is 419 g/mol. The Bertz CT molecular complexity index is 830. The van der Waals surface area contributed by atoms with E-state index in [4.69, 9.17) is 10.3 Å². The van der Waals surface area contributed by atoms with Crippen molar-refractivity contribution in [2.45, 2.75) is 26.8 Å². The van der Waals surface area contributed by atoms with Crippen molar-refractivity contribution in [3.63, 3.8) is 0 Å². The molecule has 0 saturated heterocycles. The molecule has 2 aromatic carbocycles. The van der Waals surface area contributed by atoms with Gasteiger partial charge in [0.2, 0.25) is 0 Å². The van der Waals surface area contributed by atoms with Crippen molar-refractivity contribution in [2.24, 2.45) is 5.11 Å². The molecular formula is C18H24F6N3OP. The molecule has 0 aliphatic rings. The fourth-order valence-corrected chi connectivity index (χ4v) is 2.22. The van der Waals surface area contributed by atoms with Crippen molar-refractivity contribution >= 4 is 19.2 Å². The summed E-state index contributed by atoms with van der Waals surface area (Å²) in [5, 5.41) is 3.76. The van der Waals surface area contributed by atoms with Crippen LogP contribution in [0.5, 0.6) is 5.75 Å². The second-order valence-corrected chi connectivity index (χ2v) is 8.56. The molecule has 0 spiro atoms. The van der Waals surface area contributed by atoms with Crippen molar-refractivity contribution in [1.29, 1.82) is 0 Å². The van der Waals surface area contributed by atoms with E-state index in [2.05, 4.69) is 49.1 Å². The Morgan fingerprint density at radius 2 is 1.52 bits per heavy atom. The molecule has 0 saturated carbocycles. The number of benzene rings is 2. The van der Waals surface area contributed by atoms with Crippen molar-refractivity contribution in [3.05, 3.63) is 53.6 Å². The molecule has 164 valence electrons. The molecule has 2 rings (SSSR count). The zero-order valence-electron chi connectivity index (χ0n) is 16.4. The molecule has 0 aliphatic heterocycles. The van der Waals surface area contributed by atoms with Crippen LogP contribution in [-0.4, -0.2) is 19.7 Å². The van der Waals surface area contributed by atoms with Gasteiger partial charge < -0.3 is 9.64 Å². The monoisotopic (exact) mass is 443 g/mol. The van der Waals surface area contributed by atoms with E-state index in [0.717, 1.165) is 22.7 Å². The van der Waals surface area contributed by atoms with Crippen LogP contribution >= 0.6 is 7.81 Å². The second-order valence-electron chi connectivity index (χ2n) is 6.64. The Morgan fingerprint density at radius 3 is 1.97 bits per heavy atom. The summed E-state index contributed by atoms with van der Waals surface area (Å²) in [5.41, 5.74) is 9.60. The van der Waals surface area contributed by atoms with E-state index in [0.29, 0.717) is 6.61 Å². The van der Waals surface area contributed by atoms with Gasteiger partial charge in [-0.3, -0.25) is 0 Å². The number of ether oxygens (including phenoxy) is 1. The fourth-order valence-electron chi connectivity index (χ4n) is 2.22. The van der Waals surface area contributed by atoms with Gasteiger partial charge in [0.05, 0.1) is 6.04 Å². The van der Waals surface area contributed by atoms with Gasteiger partial charge in [0.1, 0.15) is 18.0 Å². The number of rotatable bonds is 6.